The summed E-state index contributed by atoms with van der Waals surface area (Å²) in [4.78, 5) is 36.4. The number of aromatic nitrogens is 1. The van der Waals surface area contributed by atoms with E-state index in [1.807, 2.05) is 36.4 Å². The molecule has 2 aromatic carbocycles. The topological polar surface area (TPSA) is 86.7 Å². The number of fused-ring (bicyclic) bond motifs is 1. The van der Waals surface area contributed by atoms with Crippen molar-refractivity contribution in [1.82, 2.24) is 15.2 Å². The van der Waals surface area contributed by atoms with Gasteiger partial charge in [0.15, 0.2) is 0 Å². The minimum atomic E-state index is -0.419. The fourth-order valence-electron chi connectivity index (χ4n) is 4.27. The molecule has 0 aliphatic carbocycles. The van der Waals surface area contributed by atoms with Crippen molar-refractivity contribution in [1.29, 1.82) is 0 Å². The zero-order valence-corrected chi connectivity index (χ0v) is 20.3. The van der Waals surface area contributed by atoms with Crippen molar-refractivity contribution in [2.45, 2.75) is 25.6 Å². The highest BCUT2D eigenvalue weighted by Crippen LogP contribution is 2.24. The van der Waals surface area contributed by atoms with Crippen molar-refractivity contribution in [3.05, 3.63) is 94.8 Å². The summed E-state index contributed by atoms with van der Waals surface area (Å²) in [6, 6.07) is 16.8. The SMILES string of the molecule is CN1CCc2ccc(NC(=O)c3cccc(CNC(=O)C4CSC(c5ccncc5)=N4)c3)cc2C1. The Morgan fingerprint density at radius 2 is 1.94 bits per heavy atom. The number of nitrogens with zero attached hydrogens (tertiary/aromatic N) is 3. The molecule has 0 radical (unpaired) electrons. The molecule has 5 rings (SSSR count). The zero-order valence-electron chi connectivity index (χ0n) is 19.5. The molecule has 8 heteroatoms. The molecule has 0 saturated carbocycles. The number of likely N-dealkylation sites (N-methyl/N-ethyl adjacent to an activating group) is 1. The fourth-order valence-corrected chi connectivity index (χ4v) is 5.32. The fraction of sp³-hybridized carbons (Fsp3) is 0.259. The van der Waals surface area contributed by atoms with Crippen LogP contribution >= 0.6 is 11.8 Å². The van der Waals surface area contributed by atoms with E-state index in [-0.39, 0.29) is 11.8 Å². The van der Waals surface area contributed by atoms with Gasteiger partial charge in [0.25, 0.3) is 5.91 Å². The largest absolute Gasteiger partial charge is 0.350 e. The molecule has 0 fully saturated rings. The Hall–Kier alpha value is -3.49. The van der Waals surface area contributed by atoms with Crippen LogP contribution in [-0.4, -0.2) is 52.1 Å². The number of anilines is 1. The maximum atomic E-state index is 12.9. The van der Waals surface area contributed by atoms with Crippen LogP contribution in [0.15, 0.2) is 72.0 Å². The summed E-state index contributed by atoms with van der Waals surface area (Å²) < 4.78 is 0. The number of aliphatic imine (C=N–C) groups is 1. The molecule has 2 N–H and O–H groups in total. The lowest BCUT2D eigenvalue weighted by molar-refractivity contribution is -0.121. The molecule has 1 aromatic heterocycles. The van der Waals surface area contributed by atoms with E-state index < -0.39 is 6.04 Å². The maximum Gasteiger partial charge on any atom is 0.255 e. The van der Waals surface area contributed by atoms with Gasteiger partial charge in [0.2, 0.25) is 5.91 Å². The van der Waals surface area contributed by atoms with Gasteiger partial charge in [-0.05, 0) is 66.6 Å². The second-order valence-electron chi connectivity index (χ2n) is 8.84. The Morgan fingerprint density at radius 1 is 1.09 bits per heavy atom. The van der Waals surface area contributed by atoms with Gasteiger partial charge >= 0.3 is 0 Å². The molecule has 0 bridgehead atoms. The summed E-state index contributed by atoms with van der Waals surface area (Å²) in [6.07, 6.45) is 4.47. The monoisotopic (exact) mass is 485 g/mol. The minimum absolute atomic E-state index is 0.115. The van der Waals surface area contributed by atoms with Crippen LogP contribution in [0.1, 0.15) is 32.6 Å². The van der Waals surface area contributed by atoms with Crippen molar-refractivity contribution in [2.75, 3.05) is 24.7 Å². The molecule has 2 amide bonds. The van der Waals surface area contributed by atoms with E-state index >= 15 is 0 Å². The molecule has 35 heavy (non-hydrogen) atoms. The van der Waals surface area contributed by atoms with Crippen LogP contribution < -0.4 is 10.6 Å². The van der Waals surface area contributed by atoms with E-state index in [2.05, 4.69) is 44.7 Å². The highest BCUT2D eigenvalue weighted by Gasteiger charge is 2.25. The summed E-state index contributed by atoms with van der Waals surface area (Å²) in [5.74, 6) is 0.333. The van der Waals surface area contributed by atoms with Crippen molar-refractivity contribution in [3.8, 4) is 0 Å². The van der Waals surface area contributed by atoms with Crippen molar-refractivity contribution < 1.29 is 9.59 Å². The molecule has 0 spiro atoms. The summed E-state index contributed by atoms with van der Waals surface area (Å²) in [5, 5.41) is 6.83. The van der Waals surface area contributed by atoms with Gasteiger partial charge in [-0.2, -0.15) is 0 Å². The Kier molecular flexibility index (Phi) is 6.92. The van der Waals surface area contributed by atoms with Gasteiger partial charge in [0.1, 0.15) is 6.04 Å². The number of pyridine rings is 1. The van der Waals surface area contributed by atoms with Gasteiger partial charge in [-0.15, -0.1) is 11.8 Å². The molecule has 0 saturated heterocycles. The molecule has 2 aliphatic rings. The minimum Gasteiger partial charge on any atom is -0.350 e. The smallest absolute Gasteiger partial charge is 0.255 e. The number of nitrogens with one attached hydrogen (secondary N) is 2. The first-order valence-corrected chi connectivity index (χ1v) is 12.6. The first kappa shape index (κ1) is 23.3. The molecule has 1 unspecified atom stereocenters. The zero-order chi connectivity index (χ0) is 24.2. The van der Waals surface area contributed by atoms with E-state index in [1.54, 1.807) is 30.2 Å². The predicted molar refractivity (Wildman–Crippen MR) is 140 cm³/mol. The van der Waals surface area contributed by atoms with Crippen LogP contribution in [0.2, 0.25) is 0 Å². The summed E-state index contributed by atoms with van der Waals surface area (Å²) in [7, 11) is 2.11. The molecule has 3 aromatic rings. The van der Waals surface area contributed by atoms with Crippen molar-refractivity contribution >= 4 is 34.3 Å². The Labute approximate surface area is 209 Å². The molecule has 178 valence electrons. The van der Waals surface area contributed by atoms with E-state index in [0.29, 0.717) is 17.9 Å². The first-order valence-electron chi connectivity index (χ1n) is 11.6. The van der Waals surface area contributed by atoms with Gasteiger partial charge < -0.3 is 15.5 Å². The average molecular weight is 486 g/mol. The van der Waals surface area contributed by atoms with Crippen LogP contribution in [0.4, 0.5) is 5.69 Å². The third kappa shape index (κ3) is 5.61. The van der Waals surface area contributed by atoms with E-state index in [1.165, 1.54) is 11.1 Å². The Bertz CT molecular complexity index is 1280. The van der Waals surface area contributed by atoms with E-state index in [9.17, 15) is 9.59 Å². The number of hydrogen-bond donors (Lipinski definition) is 2. The summed E-state index contributed by atoms with van der Waals surface area (Å²) >= 11 is 1.58. The van der Waals surface area contributed by atoms with Crippen molar-refractivity contribution in [2.24, 2.45) is 4.99 Å². The number of amides is 2. The predicted octanol–water partition coefficient (Wildman–Crippen LogP) is 3.50. The number of rotatable bonds is 6. The van der Waals surface area contributed by atoms with Crippen LogP contribution in [0.25, 0.3) is 0 Å². The van der Waals surface area contributed by atoms with Crippen LogP contribution in [-0.2, 0) is 24.3 Å². The molecule has 1 atom stereocenters. The summed E-state index contributed by atoms with van der Waals surface area (Å²) in [5.41, 5.74) is 5.79. The van der Waals surface area contributed by atoms with E-state index in [4.69, 9.17) is 0 Å². The lowest BCUT2D eigenvalue weighted by Crippen LogP contribution is -2.33. The number of carbonyl (C=O) groups excluding carboxylic acids is 2. The molecule has 2 aliphatic heterocycles. The highest BCUT2D eigenvalue weighted by molar-refractivity contribution is 8.14. The lowest BCUT2D eigenvalue weighted by Gasteiger charge is -2.25. The summed E-state index contributed by atoms with van der Waals surface area (Å²) in [6.45, 7) is 2.29. The molecular formula is C27H27N5O2S. The van der Waals surface area contributed by atoms with Gasteiger partial charge in [0.05, 0.1) is 5.04 Å². The second kappa shape index (κ2) is 10.4. The molecule has 3 heterocycles. The third-order valence-corrected chi connectivity index (χ3v) is 7.30. The van der Waals surface area contributed by atoms with E-state index in [0.717, 1.165) is 41.4 Å². The van der Waals surface area contributed by atoms with Crippen molar-refractivity contribution in [3.63, 3.8) is 0 Å². The van der Waals surface area contributed by atoms with Crippen LogP contribution in [0, 0.1) is 0 Å². The quantitative estimate of drug-likeness (QED) is 0.558. The maximum absolute atomic E-state index is 12.9. The standard InChI is InChI=1S/C27H27N5O2S/c1-32-12-9-19-5-6-23(14-22(19)16-32)30-25(33)21-4-2-3-18(13-21)15-29-26(34)24-17-35-27(31-24)20-7-10-28-11-8-20/h2-8,10-11,13-14,24H,9,12,15-17H2,1H3,(H,29,34)(H,30,33). The number of hydrogen-bond acceptors (Lipinski definition) is 6. The molecule has 7 nitrogen and oxygen atoms in total. The normalized spacial score (nSPS) is 17.4. The number of carbonyl (C=O) groups is 2. The number of benzene rings is 2. The highest BCUT2D eigenvalue weighted by atomic mass is 32.2. The number of thioether (sulfide) groups is 1. The van der Waals surface area contributed by atoms with Crippen LogP contribution in [0.3, 0.4) is 0 Å². The Morgan fingerprint density at radius 3 is 2.80 bits per heavy atom. The molecular weight excluding hydrogens is 458 g/mol. The van der Waals surface area contributed by atoms with Crippen LogP contribution in [0.5, 0.6) is 0 Å². The lowest BCUT2D eigenvalue weighted by atomic mass is 9.99. The van der Waals surface area contributed by atoms with Gasteiger partial charge in [0, 0.05) is 54.6 Å². The van der Waals surface area contributed by atoms with Gasteiger partial charge in [-0.1, -0.05) is 18.2 Å². The van der Waals surface area contributed by atoms with Gasteiger partial charge in [-0.3, -0.25) is 19.6 Å². The second-order valence-corrected chi connectivity index (χ2v) is 9.85. The first-order chi connectivity index (χ1) is 17.0. The average Bonchev–Trinajstić information content (AvgIpc) is 3.38. The van der Waals surface area contributed by atoms with Gasteiger partial charge in [-0.25, -0.2) is 0 Å². The Balaban J connectivity index is 1.19. The third-order valence-electron chi connectivity index (χ3n) is 6.20.